The van der Waals surface area contributed by atoms with Crippen molar-refractivity contribution < 1.29 is 13.3 Å². The molecule has 32 heavy (non-hydrogen) atoms. The number of unbranched alkanes of at least 4 members (excludes halogenated alkanes) is 21. The largest absolute Gasteiger partial charge is 0.500 e. The SMILES string of the molecule is CO[Si](CCCCCCCCCCCCCCCCCCCCCCCCS)(OC)OC. The normalized spacial score (nSPS) is 12.0. The summed E-state index contributed by atoms with van der Waals surface area (Å²) >= 11 is 4.27. The van der Waals surface area contributed by atoms with E-state index in [0.29, 0.717) is 0 Å². The van der Waals surface area contributed by atoms with Crippen molar-refractivity contribution in [3.05, 3.63) is 0 Å². The van der Waals surface area contributed by atoms with Crippen LogP contribution in [0, 0.1) is 0 Å². The summed E-state index contributed by atoms with van der Waals surface area (Å²) in [5.41, 5.74) is 0. The highest BCUT2D eigenvalue weighted by Gasteiger charge is 2.36. The Kier molecular flexibility index (Phi) is 26.4. The van der Waals surface area contributed by atoms with E-state index in [9.17, 15) is 0 Å². The molecule has 0 N–H and O–H groups in total. The van der Waals surface area contributed by atoms with Gasteiger partial charge >= 0.3 is 8.80 Å². The van der Waals surface area contributed by atoms with Crippen LogP contribution in [0.1, 0.15) is 141 Å². The van der Waals surface area contributed by atoms with Crippen LogP contribution in [0.25, 0.3) is 0 Å². The molecule has 0 amide bonds. The Bertz CT molecular complexity index is 346. The quantitative estimate of drug-likeness (QED) is 0.0706. The first-order valence-electron chi connectivity index (χ1n) is 14.0. The molecule has 0 aromatic carbocycles. The lowest BCUT2D eigenvalue weighted by molar-refractivity contribution is 0.122. The van der Waals surface area contributed by atoms with E-state index in [4.69, 9.17) is 13.3 Å². The molecule has 0 aromatic rings. The molecule has 0 aliphatic rings. The van der Waals surface area contributed by atoms with Gasteiger partial charge in [0.1, 0.15) is 0 Å². The molecule has 0 bridgehead atoms. The molecule has 0 atom stereocenters. The van der Waals surface area contributed by atoms with E-state index in [1.165, 1.54) is 135 Å². The monoisotopic (exact) mass is 490 g/mol. The summed E-state index contributed by atoms with van der Waals surface area (Å²) in [5.74, 6) is 1.06. The van der Waals surface area contributed by atoms with Crippen LogP contribution in [0.15, 0.2) is 0 Å². The molecule has 0 fully saturated rings. The van der Waals surface area contributed by atoms with E-state index in [1.807, 2.05) is 0 Å². The molecule has 3 nitrogen and oxygen atoms in total. The Labute approximate surface area is 208 Å². The van der Waals surface area contributed by atoms with Crippen LogP contribution in [-0.4, -0.2) is 35.9 Å². The molecule has 0 aromatic heterocycles. The lowest BCUT2D eigenvalue weighted by Gasteiger charge is -2.24. The van der Waals surface area contributed by atoms with Gasteiger partial charge in [-0.3, -0.25) is 0 Å². The van der Waals surface area contributed by atoms with Crippen LogP contribution in [0.3, 0.4) is 0 Å². The fourth-order valence-corrected chi connectivity index (χ4v) is 6.56. The Morgan fingerprint density at radius 1 is 0.375 bits per heavy atom. The van der Waals surface area contributed by atoms with Crippen molar-refractivity contribution in [2.75, 3.05) is 27.1 Å². The van der Waals surface area contributed by atoms with Crippen molar-refractivity contribution in [3.8, 4) is 0 Å². The number of hydrogen-bond donors (Lipinski definition) is 1. The first kappa shape index (κ1) is 32.4. The van der Waals surface area contributed by atoms with Crippen LogP contribution >= 0.6 is 12.6 Å². The van der Waals surface area contributed by atoms with Crippen molar-refractivity contribution in [2.45, 2.75) is 147 Å². The van der Waals surface area contributed by atoms with Gasteiger partial charge in [0.15, 0.2) is 0 Å². The van der Waals surface area contributed by atoms with Gasteiger partial charge in [-0.15, -0.1) is 0 Å². The Morgan fingerprint density at radius 2 is 0.594 bits per heavy atom. The highest BCUT2D eigenvalue weighted by molar-refractivity contribution is 7.80. The maximum Gasteiger partial charge on any atom is 0.500 e. The van der Waals surface area contributed by atoms with Gasteiger partial charge in [0.25, 0.3) is 0 Å². The third kappa shape index (κ3) is 21.0. The first-order valence-corrected chi connectivity index (χ1v) is 16.6. The molecule has 0 heterocycles. The zero-order valence-corrected chi connectivity index (χ0v) is 24.0. The summed E-state index contributed by atoms with van der Waals surface area (Å²) in [6.45, 7) is 0. The second-order valence-electron chi connectivity index (χ2n) is 9.55. The summed E-state index contributed by atoms with van der Waals surface area (Å²) in [7, 11) is 2.78. The number of rotatable bonds is 27. The van der Waals surface area contributed by atoms with Crippen LogP contribution in [0.2, 0.25) is 6.04 Å². The lowest BCUT2D eigenvalue weighted by atomic mass is 10.0. The van der Waals surface area contributed by atoms with Crippen molar-refractivity contribution in [1.29, 1.82) is 0 Å². The third-order valence-corrected chi connectivity index (χ3v) is 9.97. The molecular weight excluding hydrogens is 432 g/mol. The second kappa shape index (κ2) is 26.1. The molecule has 0 aliphatic carbocycles. The minimum Gasteiger partial charge on any atom is -0.377 e. The van der Waals surface area contributed by atoms with Crippen molar-refractivity contribution in [1.82, 2.24) is 0 Å². The molecule has 194 valence electrons. The predicted octanol–water partition coefficient (Wildman–Crippen LogP) is 9.38. The fraction of sp³-hybridized carbons (Fsp3) is 1.00. The van der Waals surface area contributed by atoms with Gasteiger partial charge in [0, 0.05) is 27.4 Å². The number of hydrogen-bond acceptors (Lipinski definition) is 4. The topological polar surface area (TPSA) is 27.7 Å². The Balaban J connectivity index is 3.15. The van der Waals surface area contributed by atoms with Gasteiger partial charge in [-0.25, -0.2) is 0 Å². The van der Waals surface area contributed by atoms with Crippen LogP contribution in [0.5, 0.6) is 0 Å². The highest BCUT2D eigenvalue weighted by atomic mass is 32.1. The maximum atomic E-state index is 5.48. The van der Waals surface area contributed by atoms with E-state index in [2.05, 4.69) is 12.6 Å². The van der Waals surface area contributed by atoms with Gasteiger partial charge in [0.05, 0.1) is 0 Å². The zero-order chi connectivity index (χ0) is 23.6. The third-order valence-electron chi connectivity index (χ3n) is 6.82. The van der Waals surface area contributed by atoms with E-state index < -0.39 is 8.80 Å². The van der Waals surface area contributed by atoms with Gasteiger partial charge in [-0.1, -0.05) is 128 Å². The smallest absolute Gasteiger partial charge is 0.377 e. The van der Waals surface area contributed by atoms with Crippen LogP contribution in [-0.2, 0) is 13.3 Å². The molecule has 0 rings (SSSR count). The summed E-state index contributed by atoms with van der Waals surface area (Å²) < 4.78 is 16.4. The minimum absolute atomic E-state index is 0.938. The van der Waals surface area contributed by atoms with Crippen molar-refractivity contribution in [3.63, 3.8) is 0 Å². The number of thiol groups is 1. The molecule has 0 spiro atoms. The average Bonchev–Trinajstić information content (AvgIpc) is 2.82. The zero-order valence-electron chi connectivity index (χ0n) is 22.1. The predicted molar refractivity (Wildman–Crippen MR) is 147 cm³/mol. The molecule has 0 saturated carbocycles. The van der Waals surface area contributed by atoms with E-state index >= 15 is 0 Å². The molecule has 0 radical (unpaired) electrons. The molecule has 0 unspecified atom stereocenters. The first-order chi connectivity index (χ1) is 15.7. The summed E-state index contributed by atoms with van der Waals surface area (Å²) in [4.78, 5) is 0. The average molecular weight is 491 g/mol. The van der Waals surface area contributed by atoms with Crippen LogP contribution in [0.4, 0.5) is 0 Å². The van der Waals surface area contributed by atoms with Gasteiger partial charge in [-0.2, -0.15) is 12.6 Å². The highest BCUT2D eigenvalue weighted by Crippen LogP contribution is 2.19. The van der Waals surface area contributed by atoms with Crippen LogP contribution < -0.4 is 0 Å². The summed E-state index contributed by atoms with van der Waals surface area (Å²) in [6, 6.07) is 0.938. The van der Waals surface area contributed by atoms with E-state index in [0.717, 1.165) is 18.2 Å². The lowest BCUT2D eigenvalue weighted by Crippen LogP contribution is -2.42. The Hall–Kier alpha value is 0.447. The standard InChI is InChI=1S/C27H58O3SSi/c1-28-32(29-2,30-3)27-25-23-21-19-17-15-13-11-9-7-5-4-6-8-10-12-14-16-18-20-22-24-26-31/h31H,4-27H2,1-3H3. The van der Waals surface area contributed by atoms with E-state index in [-0.39, 0.29) is 0 Å². The second-order valence-corrected chi connectivity index (χ2v) is 13.1. The molecule has 0 aliphatic heterocycles. The van der Waals surface area contributed by atoms with Gasteiger partial charge < -0.3 is 13.3 Å². The fourth-order valence-electron chi connectivity index (χ4n) is 4.55. The molecule has 0 saturated heterocycles. The van der Waals surface area contributed by atoms with Crippen molar-refractivity contribution >= 4 is 21.4 Å². The summed E-state index contributed by atoms with van der Waals surface area (Å²) in [5, 5.41) is 0. The van der Waals surface area contributed by atoms with Crippen molar-refractivity contribution in [2.24, 2.45) is 0 Å². The van der Waals surface area contributed by atoms with E-state index in [1.54, 1.807) is 21.3 Å². The summed E-state index contributed by atoms with van der Waals surface area (Å²) in [6.07, 6.45) is 30.9. The van der Waals surface area contributed by atoms with Gasteiger partial charge in [-0.05, 0) is 18.6 Å². The molecular formula is C27H58O3SSi. The minimum atomic E-state index is -2.34. The molecule has 5 heteroatoms. The van der Waals surface area contributed by atoms with Gasteiger partial charge in [0.2, 0.25) is 0 Å². The maximum absolute atomic E-state index is 5.48. The Morgan fingerprint density at radius 3 is 0.812 bits per heavy atom.